The molecule has 0 nitrogen and oxygen atoms in total. The van der Waals surface area contributed by atoms with Gasteiger partial charge in [-0.15, -0.1) is 50.9 Å². The van der Waals surface area contributed by atoms with Gasteiger partial charge in [0.15, 0.2) is 0 Å². The van der Waals surface area contributed by atoms with Crippen LogP contribution in [0.3, 0.4) is 0 Å². The summed E-state index contributed by atoms with van der Waals surface area (Å²) in [6.45, 7) is 0. The molecule has 0 saturated heterocycles. The Morgan fingerprint density at radius 2 is 0.600 bits per heavy atom. The zero-order valence-corrected chi connectivity index (χ0v) is 7.71. The fourth-order valence-corrected chi connectivity index (χ4v) is 0. The van der Waals surface area contributed by atoms with Crippen molar-refractivity contribution >= 4 is 112 Å². The van der Waals surface area contributed by atoms with Gasteiger partial charge in [-0.2, -0.15) is 0 Å². The predicted molar refractivity (Wildman–Crippen MR) is 45.0 cm³/mol. The van der Waals surface area contributed by atoms with Crippen LogP contribution < -0.4 is 0 Å². The molecule has 0 spiro atoms. The van der Waals surface area contributed by atoms with E-state index in [0.29, 0.717) is 0 Å². The third kappa shape index (κ3) is 18.5. The molecule has 5 heteroatoms. The van der Waals surface area contributed by atoms with E-state index in [1.165, 1.54) is 0 Å². The minimum atomic E-state index is 0. The first kappa shape index (κ1) is 39.0. The molecule has 0 rings (SSSR count). The largest absolute Gasteiger partial charge is 0 e. The van der Waals surface area contributed by atoms with Crippen molar-refractivity contribution in [1.82, 2.24) is 0 Å². The first-order valence-corrected chi connectivity index (χ1v) is 0. The Hall–Kier alpha value is 3.51. The molecule has 0 aliphatic carbocycles. The van der Waals surface area contributed by atoms with E-state index in [2.05, 4.69) is 0 Å². The SMILES string of the molecule is Br.Br.Br.[KH].[P]. The van der Waals surface area contributed by atoms with Crippen LogP contribution in [0.15, 0.2) is 0 Å². The molecular weight excluding hydrogens is 310 g/mol. The van der Waals surface area contributed by atoms with Gasteiger partial charge in [0, 0.05) is 9.90 Å². The molecule has 0 atom stereocenters. The van der Waals surface area contributed by atoms with Crippen molar-refractivity contribution in [2.75, 3.05) is 0 Å². The molecule has 0 aromatic heterocycles. The van der Waals surface area contributed by atoms with Crippen LogP contribution >= 0.6 is 60.8 Å². The predicted octanol–water partition coefficient (Wildman–Crippen LogP) is 1.95. The summed E-state index contributed by atoms with van der Waals surface area (Å²) >= 11 is 0. The Labute approximate surface area is 110 Å². The van der Waals surface area contributed by atoms with Gasteiger partial charge >= 0.3 is 51.4 Å². The molecule has 31 valence electrons. The maximum Gasteiger partial charge on any atom is 0 e. The smallest absolute Gasteiger partial charge is 0 e. The molecule has 0 unspecified atom stereocenters. The number of rotatable bonds is 0. The van der Waals surface area contributed by atoms with E-state index in [-0.39, 0.29) is 112 Å². The third-order valence-corrected chi connectivity index (χ3v) is 0. The van der Waals surface area contributed by atoms with Gasteiger partial charge in [0.25, 0.3) is 0 Å². The molecule has 0 amide bonds. The van der Waals surface area contributed by atoms with Crippen LogP contribution in [0.1, 0.15) is 0 Å². The van der Waals surface area contributed by atoms with Crippen molar-refractivity contribution in [2.24, 2.45) is 0 Å². The second-order valence-electron chi connectivity index (χ2n) is 0. The Balaban J connectivity index is 0. The zero-order valence-electron chi connectivity index (χ0n) is 1.67. The van der Waals surface area contributed by atoms with E-state index in [9.17, 15) is 0 Å². The van der Waals surface area contributed by atoms with Crippen molar-refractivity contribution in [1.29, 1.82) is 0 Å². The van der Waals surface area contributed by atoms with Crippen LogP contribution in [0, 0.1) is 0 Å². The Morgan fingerprint density at radius 3 is 0.600 bits per heavy atom. The van der Waals surface area contributed by atoms with Crippen LogP contribution in [0.4, 0.5) is 0 Å². The molecule has 0 N–H and O–H groups in total. The number of hydrogen-bond donors (Lipinski definition) is 0. The fraction of sp³-hybridized carbons (Fsp3) is 0. The van der Waals surface area contributed by atoms with Gasteiger partial charge in [-0.1, -0.05) is 0 Å². The molecule has 0 aromatic carbocycles. The number of hydrogen-bond acceptors (Lipinski definition) is 0. The third-order valence-electron chi connectivity index (χ3n) is 0. The van der Waals surface area contributed by atoms with Crippen molar-refractivity contribution in [2.45, 2.75) is 0 Å². The minimum Gasteiger partial charge on any atom is 0 e. The summed E-state index contributed by atoms with van der Waals surface area (Å²) in [7, 11) is 0. The molecule has 0 fully saturated rings. The van der Waals surface area contributed by atoms with E-state index in [4.69, 9.17) is 0 Å². The van der Waals surface area contributed by atoms with Crippen molar-refractivity contribution < 1.29 is 0 Å². The summed E-state index contributed by atoms with van der Waals surface area (Å²) in [4.78, 5) is 0. The van der Waals surface area contributed by atoms with Gasteiger partial charge in [0.1, 0.15) is 0 Å². The van der Waals surface area contributed by atoms with Crippen molar-refractivity contribution in [3.8, 4) is 0 Å². The molecule has 0 aliphatic rings. The van der Waals surface area contributed by atoms with E-state index in [1.54, 1.807) is 0 Å². The van der Waals surface area contributed by atoms with Gasteiger partial charge in [0.05, 0.1) is 0 Å². The first-order chi connectivity index (χ1) is 0. The Kier molecular flexibility index (Phi) is 202. The molecule has 0 heterocycles. The standard InChI is InChI=1S/3BrH.K.P.H/h3*1H;;;. The molecule has 0 bridgehead atoms. The van der Waals surface area contributed by atoms with Crippen LogP contribution in [-0.2, 0) is 0 Å². The summed E-state index contributed by atoms with van der Waals surface area (Å²) in [5, 5.41) is 0. The van der Waals surface area contributed by atoms with Gasteiger partial charge < -0.3 is 0 Å². The molecule has 0 aromatic rings. The molecule has 5 heavy (non-hydrogen) atoms. The van der Waals surface area contributed by atoms with Gasteiger partial charge in [-0.25, -0.2) is 0 Å². The topological polar surface area (TPSA) is 0 Å². The van der Waals surface area contributed by atoms with E-state index < -0.39 is 0 Å². The Morgan fingerprint density at radius 1 is 0.600 bits per heavy atom. The maximum absolute atomic E-state index is 0. The van der Waals surface area contributed by atoms with Crippen molar-refractivity contribution in [3.05, 3.63) is 0 Å². The average molecular weight is 314 g/mol. The second-order valence-corrected chi connectivity index (χ2v) is 0. The molecule has 3 radical (unpaired) electrons. The van der Waals surface area contributed by atoms with Gasteiger partial charge in [0.2, 0.25) is 0 Å². The van der Waals surface area contributed by atoms with Gasteiger partial charge in [-0.3, -0.25) is 0 Å². The normalized spacial score (nSPS) is 0. The first-order valence-electron chi connectivity index (χ1n) is 0. The Bertz CT molecular complexity index is 6.85. The van der Waals surface area contributed by atoms with E-state index >= 15 is 0 Å². The quantitative estimate of drug-likeness (QED) is 0.474. The molecule has 0 aliphatic heterocycles. The monoisotopic (exact) mass is 311 g/mol. The minimum absolute atomic E-state index is 0. The average Bonchev–Trinajstić information content (AvgIpc) is 0. The summed E-state index contributed by atoms with van der Waals surface area (Å²) in [6, 6.07) is 0. The van der Waals surface area contributed by atoms with Crippen LogP contribution in [0.25, 0.3) is 0 Å². The van der Waals surface area contributed by atoms with Crippen molar-refractivity contribution in [3.63, 3.8) is 0 Å². The maximum atomic E-state index is 0. The summed E-state index contributed by atoms with van der Waals surface area (Å²) in [6.07, 6.45) is 0. The number of halogens is 3. The fourth-order valence-electron chi connectivity index (χ4n) is 0. The van der Waals surface area contributed by atoms with Crippen LogP contribution in [0.2, 0.25) is 0 Å². The molecule has 0 saturated carbocycles. The van der Waals surface area contributed by atoms with Crippen LogP contribution in [-0.4, -0.2) is 51.4 Å². The van der Waals surface area contributed by atoms with E-state index in [0.717, 1.165) is 0 Å². The van der Waals surface area contributed by atoms with Gasteiger partial charge in [-0.05, 0) is 0 Å². The summed E-state index contributed by atoms with van der Waals surface area (Å²) < 4.78 is 0. The summed E-state index contributed by atoms with van der Waals surface area (Å²) in [5.74, 6) is 0. The second kappa shape index (κ2) is 25.8. The van der Waals surface area contributed by atoms with E-state index in [1.807, 2.05) is 0 Å². The zero-order chi connectivity index (χ0) is 0. The molecular formula is H4Br3KP. The van der Waals surface area contributed by atoms with Crippen LogP contribution in [0.5, 0.6) is 0 Å². The summed E-state index contributed by atoms with van der Waals surface area (Å²) in [5.41, 5.74) is 0.